The molecule has 0 spiro atoms. The van der Waals surface area contributed by atoms with Crippen LogP contribution in [0.3, 0.4) is 0 Å². The highest BCUT2D eigenvalue weighted by Gasteiger charge is 2.31. The first kappa shape index (κ1) is 35.4. The number of carbonyl (C=O) groups is 3. The first-order valence-corrected chi connectivity index (χ1v) is 15.9. The summed E-state index contributed by atoms with van der Waals surface area (Å²) in [6.07, 6.45) is 1.70. The van der Waals surface area contributed by atoms with Gasteiger partial charge in [-0.2, -0.15) is 8.42 Å². The first-order chi connectivity index (χ1) is 21.0. The molecule has 0 radical (unpaired) electrons. The minimum Gasteiger partial charge on any atom is -0.507 e. The fraction of sp³-hybridized carbons (Fsp3) is 0.364. The minimum absolute atomic E-state index is 0.00909. The van der Waals surface area contributed by atoms with E-state index in [1.54, 1.807) is 38.1 Å². The second kappa shape index (κ2) is 14.3. The number of Topliss-reactive ketones (excluding diaryl/α,β-unsaturated/α-hetero) is 1. The molecule has 242 valence electrons. The van der Waals surface area contributed by atoms with E-state index in [4.69, 9.17) is 0 Å². The largest absolute Gasteiger partial charge is 0.507 e. The number of carboxylic acids is 2. The van der Waals surface area contributed by atoms with Crippen LogP contribution in [0.2, 0.25) is 0 Å². The van der Waals surface area contributed by atoms with Gasteiger partial charge in [0.1, 0.15) is 10.6 Å². The van der Waals surface area contributed by atoms with Crippen LogP contribution in [0.1, 0.15) is 68.4 Å². The molecule has 45 heavy (non-hydrogen) atoms. The van der Waals surface area contributed by atoms with Crippen LogP contribution in [0.4, 0.5) is 0 Å². The fourth-order valence-corrected chi connectivity index (χ4v) is 6.12. The van der Waals surface area contributed by atoms with Crippen LogP contribution in [-0.2, 0) is 31.0 Å². The molecule has 0 atom stereocenters. The molecule has 12 heteroatoms. The quantitative estimate of drug-likeness (QED) is 0.172. The number of allylic oxidation sites excluding steroid dienone is 4. The van der Waals surface area contributed by atoms with Gasteiger partial charge in [-0.3, -0.25) is 18.9 Å². The maximum atomic E-state index is 13.6. The molecule has 0 bridgehead atoms. The van der Waals surface area contributed by atoms with Crippen LogP contribution in [-0.4, -0.2) is 65.6 Å². The maximum Gasteiger partial charge on any atom is 0.317 e. The van der Waals surface area contributed by atoms with Gasteiger partial charge in [-0.1, -0.05) is 45.9 Å². The van der Waals surface area contributed by atoms with Gasteiger partial charge >= 0.3 is 11.9 Å². The molecule has 1 aliphatic carbocycles. The van der Waals surface area contributed by atoms with Gasteiger partial charge in [-0.25, -0.2) is 0 Å². The van der Waals surface area contributed by atoms with Gasteiger partial charge in [0.15, 0.2) is 5.78 Å². The summed E-state index contributed by atoms with van der Waals surface area (Å²) in [5, 5.41) is 35.3. The molecule has 0 aromatic heterocycles. The Hall–Kier alpha value is -4.10. The van der Waals surface area contributed by atoms with Crippen LogP contribution in [0.25, 0.3) is 5.57 Å². The number of phenols is 1. The smallest absolute Gasteiger partial charge is 0.317 e. The number of hydrogen-bond acceptors (Lipinski definition) is 8. The van der Waals surface area contributed by atoms with Crippen molar-refractivity contribution in [3.8, 4) is 5.75 Å². The molecule has 2 aromatic carbocycles. The van der Waals surface area contributed by atoms with Crippen molar-refractivity contribution in [1.82, 2.24) is 10.6 Å². The molecule has 0 fully saturated rings. The van der Waals surface area contributed by atoms with Crippen LogP contribution in [0.5, 0.6) is 5.75 Å². The van der Waals surface area contributed by atoms with E-state index in [0.717, 1.165) is 0 Å². The molecule has 0 saturated heterocycles. The lowest BCUT2D eigenvalue weighted by Crippen LogP contribution is -2.30. The van der Waals surface area contributed by atoms with Crippen LogP contribution >= 0.6 is 0 Å². The number of hydrogen-bond donors (Lipinski definition) is 6. The van der Waals surface area contributed by atoms with Crippen molar-refractivity contribution in [3.63, 3.8) is 0 Å². The lowest BCUT2D eigenvalue weighted by atomic mass is 9.77. The predicted molar refractivity (Wildman–Crippen MR) is 170 cm³/mol. The average molecular weight is 641 g/mol. The van der Waals surface area contributed by atoms with Gasteiger partial charge in [-0.05, 0) is 77.3 Å². The third kappa shape index (κ3) is 7.95. The van der Waals surface area contributed by atoms with E-state index in [9.17, 15) is 42.7 Å². The number of aliphatic carboxylic acids is 2. The average Bonchev–Trinajstić information content (AvgIpc) is 2.93. The Labute approximate surface area is 263 Å². The Kier molecular flexibility index (Phi) is 11.3. The van der Waals surface area contributed by atoms with E-state index in [1.165, 1.54) is 12.1 Å². The summed E-state index contributed by atoms with van der Waals surface area (Å²) in [5.41, 5.74) is 4.16. The molecule has 0 saturated carbocycles. The Balaban J connectivity index is 2.57. The third-order valence-electron chi connectivity index (χ3n) is 7.78. The number of benzene rings is 2. The minimum atomic E-state index is -4.74. The summed E-state index contributed by atoms with van der Waals surface area (Å²) in [7, 11) is -4.74. The summed E-state index contributed by atoms with van der Waals surface area (Å²) < 4.78 is 35.7. The van der Waals surface area contributed by atoms with E-state index in [1.807, 2.05) is 27.7 Å². The molecule has 0 aliphatic heterocycles. The molecule has 0 unspecified atom stereocenters. The van der Waals surface area contributed by atoms with Gasteiger partial charge in [0, 0.05) is 35.4 Å². The topological polar surface area (TPSA) is 190 Å². The van der Waals surface area contributed by atoms with Crippen molar-refractivity contribution in [2.24, 2.45) is 5.92 Å². The van der Waals surface area contributed by atoms with E-state index >= 15 is 0 Å². The Morgan fingerprint density at radius 3 is 2.00 bits per heavy atom. The molecule has 0 amide bonds. The van der Waals surface area contributed by atoms with E-state index in [-0.39, 0.29) is 60.0 Å². The molecule has 3 rings (SSSR count). The molecule has 0 heterocycles. The Morgan fingerprint density at radius 2 is 1.47 bits per heavy atom. The van der Waals surface area contributed by atoms with Crippen molar-refractivity contribution in [2.45, 2.75) is 58.9 Å². The number of phenolic OH excluding ortho intramolecular Hbond substituents is 1. The highest BCUT2D eigenvalue weighted by atomic mass is 32.2. The lowest BCUT2D eigenvalue weighted by molar-refractivity contribution is -0.137. The molecular weight excluding hydrogens is 600 g/mol. The van der Waals surface area contributed by atoms with Crippen molar-refractivity contribution in [2.75, 3.05) is 19.6 Å². The number of carbonyl (C=O) groups excluding carboxylic acids is 1. The maximum absolute atomic E-state index is 13.6. The number of carboxylic acid groups (broad SMARTS) is 2. The number of nitrogens with one attached hydrogen (secondary N) is 2. The Bertz CT molecular complexity index is 1730. The zero-order valence-corrected chi connectivity index (χ0v) is 27.0. The summed E-state index contributed by atoms with van der Waals surface area (Å²) in [6, 6.07) is 7.66. The standard InChI is InChI=1S/C33H40N2O9S/c1-17(2)22-11-24(19(5)26(32(22)40)13-34-15-29(36)37)31(21-9-7-8-10-28(21)45(42,43)44)25-12-23(18(3)4)33(41)27(20(25)6)14-35-16-30(38)39/h7-12,17-18,34-35,40H,13-16H2,1-6H3,(H,36,37)(H,38,39)(H,42,43,44). The van der Waals surface area contributed by atoms with Crippen molar-refractivity contribution in [3.05, 3.63) is 86.5 Å². The monoisotopic (exact) mass is 640 g/mol. The summed E-state index contributed by atoms with van der Waals surface area (Å²) in [5.74, 6) is -2.93. The number of aromatic hydroxyl groups is 1. The van der Waals surface area contributed by atoms with Gasteiger partial charge < -0.3 is 26.0 Å². The Morgan fingerprint density at radius 1 is 0.889 bits per heavy atom. The summed E-state index contributed by atoms with van der Waals surface area (Å²) in [6.45, 7) is 10.0. The normalized spacial score (nSPS) is 15.1. The van der Waals surface area contributed by atoms with Gasteiger partial charge in [0.2, 0.25) is 0 Å². The van der Waals surface area contributed by atoms with Crippen LogP contribution in [0.15, 0.2) is 63.6 Å². The second-order valence-corrected chi connectivity index (χ2v) is 13.0. The summed E-state index contributed by atoms with van der Waals surface area (Å²) >= 11 is 0. The molecule has 6 N–H and O–H groups in total. The van der Waals surface area contributed by atoms with Crippen molar-refractivity contribution < 1.29 is 42.7 Å². The molecule has 1 aliphatic rings. The van der Waals surface area contributed by atoms with Gasteiger partial charge in [0.25, 0.3) is 10.1 Å². The van der Waals surface area contributed by atoms with Gasteiger partial charge in [-0.15, -0.1) is 0 Å². The fourth-order valence-electron chi connectivity index (χ4n) is 5.42. The van der Waals surface area contributed by atoms with Crippen molar-refractivity contribution >= 4 is 33.4 Å². The SMILES string of the molecule is CC1=C(CNCC(=O)O)C(=O)C(C(C)C)=CC1=C(c1ccccc1S(=O)(=O)O)c1cc(C(C)C)c(O)c(CNCC(=O)O)c1C. The zero-order valence-electron chi connectivity index (χ0n) is 26.2. The molecule has 2 aromatic rings. The lowest BCUT2D eigenvalue weighted by Gasteiger charge is -2.28. The van der Waals surface area contributed by atoms with E-state index in [2.05, 4.69) is 10.6 Å². The predicted octanol–water partition coefficient (Wildman–Crippen LogP) is 4.20. The number of ketones is 1. The zero-order chi connectivity index (χ0) is 33.8. The van der Waals surface area contributed by atoms with Crippen LogP contribution in [0, 0.1) is 12.8 Å². The number of rotatable bonds is 13. The third-order valence-corrected chi connectivity index (χ3v) is 8.69. The summed E-state index contributed by atoms with van der Waals surface area (Å²) in [4.78, 5) is 35.7. The van der Waals surface area contributed by atoms with E-state index < -0.39 is 22.1 Å². The van der Waals surface area contributed by atoms with E-state index in [0.29, 0.717) is 50.1 Å². The molecule has 11 nitrogen and oxygen atoms in total. The van der Waals surface area contributed by atoms with Gasteiger partial charge in [0.05, 0.1) is 13.1 Å². The van der Waals surface area contributed by atoms with Crippen molar-refractivity contribution in [1.29, 1.82) is 0 Å². The molecular formula is C33H40N2O9S. The highest BCUT2D eigenvalue weighted by molar-refractivity contribution is 7.86. The highest BCUT2D eigenvalue weighted by Crippen LogP contribution is 2.44. The first-order valence-electron chi connectivity index (χ1n) is 14.5. The van der Waals surface area contributed by atoms with Crippen LogP contribution < -0.4 is 10.6 Å². The second-order valence-electron chi connectivity index (χ2n) is 11.6.